The van der Waals surface area contributed by atoms with Crippen LogP contribution in [0.1, 0.15) is 40.0 Å². The number of piperidine rings is 1. The molecule has 0 aromatic heterocycles. The van der Waals surface area contributed by atoms with Gasteiger partial charge in [-0.05, 0) is 26.2 Å². The maximum absolute atomic E-state index is 12.4. The Morgan fingerprint density at radius 1 is 1.39 bits per heavy atom. The van der Waals surface area contributed by atoms with Crippen LogP contribution in [0.25, 0.3) is 0 Å². The molecule has 18 heavy (non-hydrogen) atoms. The van der Waals surface area contributed by atoms with Crippen molar-refractivity contribution < 1.29 is 9.59 Å². The number of nitrogens with one attached hydrogen (secondary N) is 1. The smallest absolute Gasteiger partial charge is 0.229 e. The van der Waals surface area contributed by atoms with Gasteiger partial charge in [0.15, 0.2) is 0 Å². The third-order valence-corrected chi connectivity index (χ3v) is 3.94. The second-order valence-electron chi connectivity index (χ2n) is 5.39. The van der Waals surface area contributed by atoms with Gasteiger partial charge in [0.2, 0.25) is 11.8 Å². The van der Waals surface area contributed by atoms with Crippen molar-refractivity contribution >= 4 is 11.8 Å². The van der Waals surface area contributed by atoms with Gasteiger partial charge in [-0.25, -0.2) is 0 Å². The minimum Gasteiger partial charge on any atom is -0.353 e. The van der Waals surface area contributed by atoms with Crippen LogP contribution in [0.2, 0.25) is 0 Å². The maximum atomic E-state index is 12.4. The number of likely N-dealkylation sites (tertiary alicyclic amines) is 1. The molecule has 1 aliphatic heterocycles. The Bertz CT molecular complexity index is 305. The van der Waals surface area contributed by atoms with Gasteiger partial charge in [-0.1, -0.05) is 6.92 Å². The molecule has 0 saturated carbocycles. The first kappa shape index (κ1) is 15.0. The largest absolute Gasteiger partial charge is 0.353 e. The Hall–Kier alpha value is -1.10. The molecular formula is C13H25N3O2. The third kappa shape index (κ3) is 3.45. The Morgan fingerprint density at radius 2 is 1.94 bits per heavy atom. The number of rotatable bonds is 4. The summed E-state index contributed by atoms with van der Waals surface area (Å²) in [4.78, 5) is 25.2. The van der Waals surface area contributed by atoms with Crippen LogP contribution in [-0.2, 0) is 9.59 Å². The van der Waals surface area contributed by atoms with Crippen molar-refractivity contribution in [1.29, 1.82) is 0 Å². The van der Waals surface area contributed by atoms with E-state index < -0.39 is 5.41 Å². The molecule has 1 unspecified atom stereocenters. The van der Waals surface area contributed by atoms with Crippen molar-refractivity contribution in [3.63, 3.8) is 0 Å². The number of hydrogen-bond donors (Lipinski definition) is 2. The standard InChI is InChI=1S/C13H25N3O2/c1-4-13(3,9-14)12(18)16-7-5-11(6-8-16)15-10(2)17/h11H,4-9,14H2,1-3H3,(H,15,17). The van der Waals surface area contributed by atoms with Gasteiger partial charge in [0, 0.05) is 32.6 Å². The molecule has 1 rings (SSSR count). The van der Waals surface area contributed by atoms with Crippen molar-refractivity contribution in [2.45, 2.75) is 46.1 Å². The SMILES string of the molecule is CCC(C)(CN)C(=O)N1CCC(NC(C)=O)CC1. The first-order chi connectivity index (χ1) is 8.42. The monoisotopic (exact) mass is 255 g/mol. The summed E-state index contributed by atoms with van der Waals surface area (Å²) in [6, 6.07) is 0.206. The Kier molecular flexibility index (Phi) is 5.14. The van der Waals surface area contributed by atoms with Crippen LogP contribution < -0.4 is 11.1 Å². The topological polar surface area (TPSA) is 75.4 Å². The van der Waals surface area contributed by atoms with E-state index in [0.717, 1.165) is 19.3 Å². The molecule has 1 saturated heterocycles. The van der Waals surface area contributed by atoms with Crippen LogP contribution in [0.4, 0.5) is 0 Å². The van der Waals surface area contributed by atoms with Crippen LogP contribution in [-0.4, -0.2) is 42.4 Å². The first-order valence-electron chi connectivity index (χ1n) is 6.69. The molecule has 0 aromatic rings. The van der Waals surface area contributed by atoms with E-state index in [2.05, 4.69) is 5.32 Å². The van der Waals surface area contributed by atoms with E-state index >= 15 is 0 Å². The zero-order valence-electron chi connectivity index (χ0n) is 11.7. The average Bonchev–Trinajstić information content (AvgIpc) is 2.37. The minimum atomic E-state index is -0.444. The molecule has 1 heterocycles. The molecule has 1 aliphatic rings. The van der Waals surface area contributed by atoms with Crippen LogP contribution in [0.15, 0.2) is 0 Å². The minimum absolute atomic E-state index is 0.000122. The van der Waals surface area contributed by atoms with E-state index in [0.29, 0.717) is 19.6 Å². The lowest BCUT2D eigenvalue weighted by Gasteiger charge is -2.37. The molecule has 1 atom stereocenters. The fraction of sp³-hybridized carbons (Fsp3) is 0.846. The van der Waals surface area contributed by atoms with Gasteiger partial charge in [-0.15, -0.1) is 0 Å². The van der Waals surface area contributed by atoms with Gasteiger partial charge in [-0.3, -0.25) is 9.59 Å². The van der Waals surface area contributed by atoms with Crippen LogP contribution >= 0.6 is 0 Å². The highest BCUT2D eigenvalue weighted by Crippen LogP contribution is 2.24. The first-order valence-corrected chi connectivity index (χ1v) is 6.69. The van der Waals surface area contributed by atoms with Crippen LogP contribution in [0.5, 0.6) is 0 Å². The Morgan fingerprint density at radius 3 is 2.33 bits per heavy atom. The number of amides is 2. The van der Waals surface area contributed by atoms with Crippen molar-refractivity contribution in [3.8, 4) is 0 Å². The number of hydrogen-bond acceptors (Lipinski definition) is 3. The normalized spacial score (nSPS) is 20.3. The molecule has 0 radical (unpaired) electrons. The van der Waals surface area contributed by atoms with Gasteiger partial charge < -0.3 is 16.0 Å². The number of nitrogens with two attached hydrogens (primary N) is 1. The molecular weight excluding hydrogens is 230 g/mol. The summed E-state index contributed by atoms with van der Waals surface area (Å²) in [6.45, 7) is 7.25. The highest BCUT2D eigenvalue weighted by Gasteiger charge is 2.35. The maximum Gasteiger partial charge on any atom is 0.229 e. The molecule has 0 bridgehead atoms. The fourth-order valence-electron chi connectivity index (χ4n) is 2.28. The van der Waals surface area contributed by atoms with Gasteiger partial charge in [0.05, 0.1) is 5.41 Å². The zero-order chi connectivity index (χ0) is 13.8. The molecule has 0 aliphatic carbocycles. The van der Waals surface area contributed by atoms with E-state index in [1.165, 1.54) is 6.92 Å². The summed E-state index contributed by atoms with van der Waals surface area (Å²) < 4.78 is 0. The molecule has 2 amide bonds. The highest BCUT2D eigenvalue weighted by atomic mass is 16.2. The molecule has 5 nitrogen and oxygen atoms in total. The third-order valence-electron chi connectivity index (χ3n) is 3.94. The van der Waals surface area contributed by atoms with Crippen molar-refractivity contribution in [2.75, 3.05) is 19.6 Å². The molecule has 104 valence electrons. The summed E-state index contributed by atoms with van der Waals surface area (Å²) in [6.07, 6.45) is 2.42. The average molecular weight is 255 g/mol. The van der Waals surface area contributed by atoms with E-state index in [9.17, 15) is 9.59 Å². The van der Waals surface area contributed by atoms with Crippen LogP contribution in [0, 0.1) is 5.41 Å². The molecule has 1 fully saturated rings. The molecule has 5 heteroatoms. The van der Waals surface area contributed by atoms with Gasteiger partial charge in [0.1, 0.15) is 0 Å². The molecule has 0 spiro atoms. The lowest BCUT2D eigenvalue weighted by atomic mass is 9.85. The van der Waals surface area contributed by atoms with E-state index in [1.807, 2.05) is 18.7 Å². The number of carbonyl (C=O) groups excluding carboxylic acids is 2. The number of nitrogens with zero attached hydrogens (tertiary/aromatic N) is 1. The highest BCUT2D eigenvalue weighted by molar-refractivity contribution is 5.82. The van der Waals surface area contributed by atoms with E-state index in [1.54, 1.807) is 0 Å². The van der Waals surface area contributed by atoms with Gasteiger partial charge in [0.25, 0.3) is 0 Å². The summed E-state index contributed by atoms with van der Waals surface area (Å²) in [5, 5.41) is 2.91. The summed E-state index contributed by atoms with van der Waals surface area (Å²) in [5.41, 5.74) is 5.27. The Balaban J connectivity index is 2.52. The summed E-state index contributed by atoms with van der Waals surface area (Å²) in [7, 11) is 0. The molecule has 0 aromatic carbocycles. The second kappa shape index (κ2) is 6.18. The Labute approximate surface area is 109 Å². The second-order valence-corrected chi connectivity index (χ2v) is 5.39. The quantitative estimate of drug-likeness (QED) is 0.767. The predicted molar refractivity (Wildman–Crippen MR) is 70.9 cm³/mol. The number of carbonyl (C=O) groups is 2. The van der Waals surface area contributed by atoms with Crippen molar-refractivity contribution in [3.05, 3.63) is 0 Å². The predicted octanol–water partition coefficient (Wildman–Crippen LogP) is 0.489. The summed E-state index contributed by atoms with van der Waals surface area (Å²) >= 11 is 0. The fourth-order valence-corrected chi connectivity index (χ4v) is 2.28. The van der Waals surface area contributed by atoms with Crippen molar-refractivity contribution in [2.24, 2.45) is 11.1 Å². The van der Waals surface area contributed by atoms with Crippen molar-refractivity contribution in [1.82, 2.24) is 10.2 Å². The zero-order valence-corrected chi connectivity index (χ0v) is 11.7. The summed E-state index contributed by atoms with van der Waals surface area (Å²) in [5.74, 6) is 0.147. The van der Waals surface area contributed by atoms with E-state index in [4.69, 9.17) is 5.73 Å². The van der Waals surface area contributed by atoms with E-state index in [-0.39, 0.29) is 17.9 Å². The van der Waals surface area contributed by atoms with Crippen LogP contribution in [0.3, 0.4) is 0 Å². The van der Waals surface area contributed by atoms with Gasteiger partial charge in [-0.2, -0.15) is 0 Å². The van der Waals surface area contributed by atoms with Gasteiger partial charge >= 0.3 is 0 Å². The molecule has 3 N–H and O–H groups in total. The lowest BCUT2D eigenvalue weighted by Crippen LogP contribution is -2.51. The lowest BCUT2D eigenvalue weighted by molar-refractivity contribution is -0.142.